The summed E-state index contributed by atoms with van der Waals surface area (Å²) in [6, 6.07) is 0. The molecule has 0 radical (unpaired) electrons. The molecule has 0 heterocycles. The van der Waals surface area contributed by atoms with Gasteiger partial charge in [-0.15, -0.1) is 0 Å². The van der Waals surface area contributed by atoms with E-state index in [4.69, 9.17) is 0 Å². The molecule has 0 aromatic heterocycles. The zero-order valence-electron chi connectivity index (χ0n) is 5.34. The SMILES string of the molecule is O=C1C=CC2CCCC12. The van der Waals surface area contributed by atoms with Gasteiger partial charge in [-0.05, 0) is 24.8 Å². The summed E-state index contributed by atoms with van der Waals surface area (Å²) >= 11 is 0. The van der Waals surface area contributed by atoms with Crippen LogP contribution >= 0.6 is 0 Å². The van der Waals surface area contributed by atoms with Crippen molar-refractivity contribution in [3.8, 4) is 0 Å². The maximum absolute atomic E-state index is 11.0. The Hall–Kier alpha value is -0.590. The van der Waals surface area contributed by atoms with Gasteiger partial charge in [0.2, 0.25) is 0 Å². The molecule has 2 unspecified atom stereocenters. The Morgan fingerprint density at radius 1 is 1.44 bits per heavy atom. The fourth-order valence-electron chi connectivity index (χ4n) is 1.91. The monoisotopic (exact) mass is 122 g/mol. The van der Waals surface area contributed by atoms with Crippen LogP contribution in [0, 0.1) is 11.8 Å². The number of allylic oxidation sites excluding steroid dienone is 2. The van der Waals surface area contributed by atoms with E-state index in [2.05, 4.69) is 6.08 Å². The molecule has 2 aliphatic rings. The van der Waals surface area contributed by atoms with Gasteiger partial charge in [0.15, 0.2) is 5.78 Å². The van der Waals surface area contributed by atoms with E-state index < -0.39 is 0 Å². The van der Waals surface area contributed by atoms with Gasteiger partial charge >= 0.3 is 0 Å². The molecule has 0 aromatic rings. The van der Waals surface area contributed by atoms with Crippen molar-refractivity contribution in [1.82, 2.24) is 0 Å². The highest BCUT2D eigenvalue weighted by molar-refractivity contribution is 5.94. The Morgan fingerprint density at radius 3 is 3.11 bits per heavy atom. The van der Waals surface area contributed by atoms with Crippen LogP contribution in [0.1, 0.15) is 19.3 Å². The first-order chi connectivity index (χ1) is 4.38. The lowest BCUT2D eigenvalue weighted by atomic mass is 9.99. The van der Waals surface area contributed by atoms with Crippen LogP contribution in [0.3, 0.4) is 0 Å². The topological polar surface area (TPSA) is 17.1 Å². The van der Waals surface area contributed by atoms with Gasteiger partial charge in [-0.3, -0.25) is 4.79 Å². The van der Waals surface area contributed by atoms with Gasteiger partial charge in [-0.25, -0.2) is 0 Å². The highest BCUT2D eigenvalue weighted by Gasteiger charge is 2.33. The van der Waals surface area contributed by atoms with Crippen molar-refractivity contribution in [3.05, 3.63) is 12.2 Å². The molecule has 0 amide bonds. The van der Waals surface area contributed by atoms with Crippen LogP contribution < -0.4 is 0 Å². The quantitative estimate of drug-likeness (QED) is 0.476. The Morgan fingerprint density at radius 2 is 2.33 bits per heavy atom. The second-order valence-corrected chi connectivity index (χ2v) is 2.96. The molecule has 1 nitrogen and oxygen atoms in total. The predicted octanol–water partition coefficient (Wildman–Crippen LogP) is 1.54. The van der Waals surface area contributed by atoms with Crippen molar-refractivity contribution in [1.29, 1.82) is 0 Å². The number of fused-ring (bicyclic) bond motifs is 1. The lowest BCUT2D eigenvalue weighted by Crippen LogP contribution is -2.07. The molecular formula is C8H10O. The molecule has 9 heavy (non-hydrogen) atoms. The number of ketones is 1. The van der Waals surface area contributed by atoms with Gasteiger partial charge in [0, 0.05) is 5.92 Å². The van der Waals surface area contributed by atoms with Crippen LogP contribution in [0.15, 0.2) is 12.2 Å². The molecule has 48 valence electrons. The maximum Gasteiger partial charge on any atom is 0.159 e. The van der Waals surface area contributed by atoms with Crippen molar-refractivity contribution in [3.63, 3.8) is 0 Å². The number of rotatable bonds is 0. The van der Waals surface area contributed by atoms with Gasteiger partial charge < -0.3 is 0 Å². The number of carbonyl (C=O) groups excluding carboxylic acids is 1. The minimum absolute atomic E-state index is 0.373. The molecule has 2 atom stereocenters. The third-order valence-electron chi connectivity index (χ3n) is 2.44. The van der Waals surface area contributed by atoms with Gasteiger partial charge in [0.25, 0.3) is 0 Å². The normalized spacial score (nSPS) is 39.8. The van der Waals surface area contributed by atoms with Crippen molar-refractivity contribution in [2.75, 3.05) is 0 Å². The summed E-state index contributed by atoms with van der Waals surface area (Å²) in [6.45, 7) is 0. The van der Waals surface area contributed by atoms with Crippen molar-refractivity contribution >= 4 is 5.78 Å². The molecule has 2 rings (SSSR count). The van der Waals surface area contributed by atoms with E-state index in [1.807, 2.05) is 0 Å². The van der Waals surface area contributed by atoms with Crippen molar-refractivity contribution in [2.24, 2.45) is 11.8 Å². The summed E-state index contributed by atoms with van der Waals surface area (Å²) in [5.74, 6) is 1.39. The molecular weight excluding hydrogens is 112 g/mol. The second kappa shape index (κ2) is 1.69. The Balaban J connectivity index is 2.24. The molecule has 1 saturated carbocycles. The van der Waals surface area contributed by atoms with E-state index in [1.54, 1.807) is 6.08 Å². The fraction of sp³-hybridized carbons (Fsp3) is 0.625. The predicted molar refractivity (Wildman–Crippen MR) is 35.0 cm³/mol. The minimum Gasteiger partial charge on any atom is -0.295 e. The average Bonchev–Trinajstić information content (AvgIpc) is 2.35. The van der Waals surface area contributed by atoms with E-state index in [0.29, 0.717) is 17.6 Å². The summed E-state index contributed by atoms with van der Waals surface area (Å²) in [5.41, 5.74) is 0. The van der Waals surface area contributed by atoms with Gasteiger partial charge in [0.1, 0.15) is 0 Å². The van der Waals surface area contributed by atoms with Gasteiger partial charge in [0.05, 0.1) is 0 Å². The van der Waals surface area contributed by atoms with E-state index >= 15 is 0 Å². The number of hydrogen-bond donors (Lipinski definition) is 0. The minimum atomic E-state index is 0.373. The van der Waals surface area contributed by atoms with Crippen LogP contribution in [0.25, 0.3) is 0 Å². The van der Waals surface area contributed by atoms with Gasteiger partial charge in [-0.1, -0.05) is 12.5 Å². The van der Waals surface area contributed by atoms with Crippen LogP contribution in [0.5, 0.6) is 0 Å². The zero-order chi connectivity index (χ0) is 6.27. The molecule has 0 saturated heterocycles. The molecule has 2 aliphatic carbocycles. The molecule has 0 bridgehead atoms. The first kappa shape index (κ1) is 5.21. The lowest BCUT2D eigenvalue weighted by molar-refractivity contribution is -0.117. The largest absolute Gasteiger partial charge is 0.295 e. The fourth-order valence-corrected chi connectivity index (χ4v) is 1.91. The summed E-state index contributed by atoms with van der Waals surface area (Å²) in [4.78, 5) is 11.0. The van der Waals surface area contributed by atoms with Gasteiger partial charge in [-0.2, -0.15) is 0 Å². The second-order valence-electron chi connectivity index (χ2n) is 2.96. The third-order valence-corrected chi connectivity index (χ3v) is 2.44. The van der Waals surface area contributed by atoms with E-state index in [0.717, 1.165) is 6.42 Å². The molecule has 0 spiro atoms. The Bertz CT molecular complexity index is 169. The molecule has 0 aromatic carbocycles. The summed E-state index contributed by atoms with van der Waals surface area (Å²) < 4.78 is 0. The molecule has 1 heteroatoms. The van der Waals surface area contributed by atoms with E-state index in [1.165, 1.54) is 12.8 Å². The molecule has 1 fully saturated rings. The standard InChI is InChI=1S/C8H10O/c9-8-5-4-6-2-1-3-7(6)8/h4-7H,1-3H2. The summed E-state index contributed by atoms with van der Waals surface area (Å²) in [7, 11) is 0. The van der Waals surface area contributed by atoms with E-state index in [-0.39, 0.29) is 0 Å². The number of carbonyl (C=O) groups is 1. The molecule has 0 aliphatic heterocycles. The van der Waals surface area contributed by atoms with E-state index in [9.17, 15) is 4.79 Å². The van der Waals surface area contributed by atoms with Crippen molar-refractivity contribution in [2.45, 2.75) is 19.3 Å². The number of hydrogen-bond acceptors (Lipinski definition) is 1. The maximum atomic E-state index is 11.0. The van der Waals surface area contributed by atoms with Crippen LogP contribution in [-0.4, -0.2) is 5.78 Å². The van der Waals surface area contributed by atoms with Crippen LogP contribution in [-0.2, 0) is 4.79 Å². The lowest BCUT2D eigenvalue weighted by Gasteiger charge is -2.03. The third kappa shape index (κ3) is 0.640. The Kier molecular flexibility index (Phi) is 0.981. The average molecular weight is 122 g/mol. The highest BCUT2D eigenvalue weighted by Crippen LogP contribution is 2.37. The summed E-state index contributed by atoms with van der Waals surface area (Å²) in [5, 5.41) is 0. The van der Waals surface area contributed by atoms with Crippen LogP contribution in [0.2, 0.25) is 0 Å². The molecule has 0 N–H and O–H groups in total. The zero-order valence-corrected chi connectivity index (χ0v) is 5.34. The van der Waals surface area contributed by atoms with Crippen molar-refractivity contribution < 1.29 is 4.79 Å². The first-order valence-corrected chi connectivity index (χ1v) is 3.60. The first-order valence-electron chi connectivity index (χ1n) is 3.60. The Labute approximate surface area is 54.8 Å². The smallest absolute Gasteiger partial charge is 0.159 e. The summed E-state index contributed by atoms with van der Waals surface area (Å²) in [6.07, 6.45) is 7.48. The van der Waals surface area contributed by atoms with Crippen LogP contribution in [0.4, 0.5) is 0 Å². The highest BCUT2D eigenvalue weighted by atomic mass is 16.1.